The van der Waals surface area contributed by atoms with Crippen LogP contribution in [0.4, 0.5) is 5.69 Å². The summed E-state index contributed by atoms with van der Waals surface area (Å²) in [6, 6.07) is 11.5. The third kappa shape index (κ3) is 4.23. The summed E-state index contributed by atoms with van der Waals surface area (Å²) in [4.78, 5) is 42.2. The Morgan fingerprint density at radius 3 is 2.69 bits per heavy atom. The highest BCUT2D eigenvalue weighted by atomic mass is 32.2. The van der Waals surface area contributed by atoms with Crippen LogP contribution in [0, 0.1) is 10.1 Å². The molecule has 1 atom stereocenters. The number of hydrogen-bond acceptors (Lipinski definition) is 9. The number of fused-ring (bicyclic) bond motifs is 1. The summed E-state index contributed by atoms with van der Waals surface area (Å²) in [6.07, 6.45) is 0. The molecule has 0 spiro atoms. The number of hydrogen-bond donors (Lipinski definition) is 1. The van der Waals surface area contributed by atoms with E-state index in [-0.39, 0.29) is 17.0 Å². The van der Waals surface area contributed by atoms with Crippen LogP contribution in [0.1, 0.15) is 16.1 Å². The van der Waals surface area contributed by atoms with Gasteiger partial charge in [0.05, 0.1) is 28.8 Å². The lowest BCUT2D eigenvalue weighted by molar-refractivity contribution is -0.385. The summed E-state index contributed by atoms with van der Waals surface area (Å²) < 4.78 is 10.3. The standard InChI is InChI=1S/C21H15N3O7S/c1-30-21(27)12-3-7-18(17(9-12)24(28)29)31-13-4-6-14-11(8-13)2-5-15(22-14)19-23-16(10-32-19)20(25)26/h2-9,16H,10H2,1H3,(H,25,26). The molecule has 0 saturated carbocycles. The number of nitro benzene ring substituents is 1. The van der Waals surface area contributed by atoms with Crippen LogP contribution in [-0.4, -0.2) is 50.9 Å². The first-order valence-electron chi connectivity index (χ1n) is 9.25. The molecule has 1 aliphatic heterocycles. The molecule has 3 aromatic rings. The SMILES string of the molecule is COC(=O)c1ccc(Oc2ccc3nc(C4=NC(C(=O)O)CS4)ccc3c2)c([N+](=O)[O-])c1. The van der Waals surface area contributed by atoms with E-state index >= 15 is 0 Å². The first kappa shape index (κ1) is 21.2. The minimum Gasteiger partial charge on any atom is -0.480 e. The van der Waals surface area contributed by atoms with Gasteiger partial charge in [0, 0.05) is 17.2 Å². The number of thioether (sulfide) groups is 1. The zero-order valence-electron chi connectivity index (χ0n) is 16.5. The molecular weight excluding hydrogens is 438 g/mol. The van der Waals surface area contributed by atoms with Crippen LogP contribution in [0.25, 0.3) is 10.9 Å². The topological polar surface area (TPSA) is 141 Å². The van der Waals surface area contributed by atoms with Gasteiger partial charge in [0.25, 0.3) is 0 Å². The number of aliphatic carboxylic acids is 1. The third-order valence-corrected chi connectivity index (χ3v) is 5.69. The van der Waals surface area contributed by atoms with Crippen molar-refractivity contribution in [3.05, 3.63) is 69.9 Å². The molecule has 1 unspecified atom stereocenters. The molecule has 32 heavy (non-hydrogen) atoms. The summed E-state index contributed by atoms with van der Waals surface area (Å²) in [5.41, 5.74) is 0.881. The molecule has 0 fully saturated rings. The highest BCUT2D eigenvalue weighted by Gasteiger charge is 2.26. The zero-order chi connectivity index (χ0) is 22.8. The number of ether oxygens (including phenoxy) is 2. The van der Waals surface area contributed by atoms with E-state index in [1.165, 1.54) is 31.0 Å². The molecule has 4 rings (SSSR count). The summed E-state index contributed by atoms with van der Waals surface area (Å²) >= 11 is 1.34. The molecule has 11 heteroatoms. The Morgan fingerprint density at radius 1 is 1.19 bits per heavy atom. The average Bonchev–Trinajstić information content (AvgIpc) is 3.29. The number of rotatable bonds is 6. The van der Waals surface area contributed by atoms with Crippen LogP contribution in [0.2, 0.25) is 0 Å². The van der Waals surface area contributed by atoms with Crippen molar-refractivity contribution in [3.8, 4) is 11.5 Å². The molecule has 1 N–H and O–H groups in total. The fourth-order valence-corrected chi connectivity index (χ4v) is 4.04. The Labute approximate surface area is 185 Å². The molecular formula is C21H15N3O7S. The maximum atomic E-state index is 11.6. The summed E-state index contributed by atoms with van der Waals surface area (Å²) in [6.45, 7) is 0. The van der Waals surface area contributed by atoms with Crippen molar-refractivity contribution in [2.45, 2.75) is 6.04 Å². The Balaban J connectivity index is 1.61. The van der Waals surface area contributed by atoms with E-state index in [0.717, 1.165) is 11.5 Å². The van der Waals surface area contributed by atoms with Gasteiger partial charge in [-0.15, -0.1) is 11.8 Å². The van der Waals surface area contributed by atoms with Gasteiger partial charge in [0.15, 0.2) is 6.04 Å². The van der Waals surface area contributed by atoms with Crippen molar-refractivity contribution < 1.29 is 29.1 Å². The maximum absolute atomic E-state index is 11.6. The number of nitrogens with zero attached hydrogens (tertiary/aromatic N) is 3. The Morgan fingerprint density at radius 2 is 2.00 bits per heavy atom. The first-order valence-corrected chi connectivity index (χ1v) is 10.2. The molecule has 0 bridgehead atoms. The molecule has 0 radical (unpaired) electrons. The lowest BCUT2D eigenvalue weighted by Gasteiger charge is -2.09. The van der Waals surface area contributed by atoms with Gasteiger partial charge in [-0.2, -0.15) is 0 Å². The van der Waals surface area contributed by atoms with E-state index in [4.69, 9.17) is 9.84 Å². The van der Waals surface area contributed by atoms with Crippen molar-refractivity contribution in [2.75, 3.05) is 12.9 Å². The quantitative estimate of drug-likeness (QED) is 0.336. The second-order valence-corrected chi connectivity index (χ2v) is 7.69. The molecule has 2 aromatic carbocycles. The molecule has 2 heterocycles. The van der Waals surface area contributed by atoms with Crippen molar-refractivity contribution >= 4 is 45.3 Å². The predicted octanol–water partition coefficient (Wildman–Crippen LogP) is 3.67. The number of esters is 1. The van der Waals surface area contributed by atoms with Crippen LogP contribution < -0.4 is 4.74 Å². The van der Waals surface area contributed by atoms with Gasteiger partial charge in [0.2, 0.25) is 5.75 Å². The second kappa shape index (κ2) is 8.63. The number of benzene rings is 2. The number of methoxy groups -OCH3 is 1. The fourth-order valence-electron chi connectivity index (χ4n) is 3.04. The van der Waals surface area contributed by atoms with Crippen molar-refractivity contribution in [1.82, 2.24) is 4.98 Å². The third-order valence-electron chi connectivity index (χ3n) is 4.62. The number of aliphatic imine (C=N–C) groups is 1. The van der Waals surface area contributed by atoms with Gasteiger partial charge in [-0.05, 0) is 36.4 Å². The van der Waals surface area contributed by atoms with E-state index in [9.17, 15) is 19.7 Å². The van der Waals surface area contributed by atoms with Gasteiger partial charge in [0.1, 0.15) is 10.8 Å². The smallest absolute Gasteiger partial charge is 0.338 e. The number of nitro groups is 1. The van der Waals surface area contributed by atoms with Crippen LogP contribution >= 0.6 is 11.8 Å². The largest absolute Gasteiger partial charge is 0.480 e. The lowest BCUT2D eigenvalue weighted by atomic mass is 10.1. The van der Waals surface area contributed by atoms with E-state index in [1.54, 1.807) is 30.3 Å². The minimum atomic E-state index is -0.969. The Bertz CT molecular complexity index is 1290. The van der Waals surface area contributed by atoms with Crippen molar-refractivity contribution in [1.29, 1.82) is 0 Å². The van der Waals surface area contributed by atoms with Gasteiger partial charge in [-0.25, -0.2) is 14.6 Å². The first-order chi connectivity index (χ1) is 15.4. The van der Waals surface area contributed by atoms with E-state index in [0.29, 0.717) is 27.8 Å². The monoisotopic (exact) mass is 453 g/mol. The fraction of sp³-hybridized carbons (Fsp3) is 0.143. The van der Waals surface area contributed by atoms with Crippen LogP contribution in [0.15, 0.2) is 53.5 Å². The number of carbonyl (C=O) groups excluding carboxylic acids is 1. The average molecular weight is 453 g/mol. The number of pyridine rings is 1. The molecule has 1 aliphatic rings. The van der Waals surface area contributed by atoms with Crippen LogP contribution in [0.5, 0.6) is 11.5 Å². The van der Waals surface area contributed by atoms with Crippen LogP contribution in [0.3, 0.4) is 0 Å². The predicted molar refractivity (Wildman–Crippen MR) is 117 cm³/mol. The van der Waals surface area contributed by atoms with Crippen molar-refractivity contribution in [2.24, 2.45) is 4.99 Å². The van der Waals surface area contributed by atoms with E-state index in [1.807, 2.05) is 0 Å². The number of aromatic nitrogens is 1. The Kier molecular flexibility index (Phi) is 5.73. The van der Waals surface area contributed by atoms with Gasteiger partial charge in [-0.3, -0.25) is 15.1 Å². The highest BCUT2D eigenvalue weighted by molar-refractivity contribution is 8.14. The number of carboxylic acids is 1. The zero-order valence-corrected chi connectivity index (χ0v) is 17.4. The van der Waals surface area contributed by atoms with Gasteiger partial charge >= 0.3 is 17.6 Å². The lowest BCUT2D eigenvalue weighted by Crippen LogP contribution is -2.17. The van der Waals surface area contributed by atoms with Crippen molar-refractivity contribution in [3.63, 3.8) is 0 Å². The summed E-state index contributed by atoms with van der Waals surface area (Å²) in [7, 11) is 1.19. The molecule has 0 aliphatic carbocycles. The second-order valence-electron chi connectivity index (χ2n) is 6.68. The molecule has 1 aromatic heterocycles. The summed E-state index contributed by atoms with van der Waals surface area (Å²) in [5, 5.41) is 21.8. The van der Waals surface area contributed by atoms with Gasteiger partial charge in [-0.1, -0.05) is 6.07 Å². The maximum Gasteiger partial charge on any atom is 0.338 e. The normalized spacial score (nSPS) is 15.3. The van der Waals surface area contributed by atoms with Gasteiger partial charge < -0.3 is 14.6 Å². The molecule has 0 saturated heterocycles. The van der Waals surface area contributed by atoms with E-state index < -0.39 is 22.9 Å². The van der Waals surface area contributed by atoms with Crippen LogP contribution in [-0.2, 0) is 9.53 Å². The molecule has 162 valence electrons. The summed E-state index contributed by atoms with van der Waals surface area (Å²) in [5.74, 6) is -0.969. The Hall–Kier alpha value is -3.99. The minimum absolute atomic E-state index is 0.0250. The number of carboxylic acid groups (broad SMARTS) is 1. The number of carbonyl (C=O) groups is 2. The molecule has 10 nitrogen and oxygen atoms in total. The highest BCUT2D eigenvalue weighted by Crippen LogP contribution is 2.34. The molecule has 0 amide bonds. The van der Waals surface area contributed by atoms with E-state index in [2.05, 4.69) is 14.7 Å².